The summed E-state index contributed by atoms with van der Waals surface area (Å²) < 4.78 is 0.881. The molecule has 0 aliphatic carbocycles. The number of hydrogen-bond donors (Lipinski definition) is 1. The van der Waals surface area contributed by atoms with Gasteiger partial charge in [-0.2, -0.15) is 0 Å². The van der Waals surface area contributed by atoms with Gasteiger partial charge in [-0.3, -0.25) is 0 Å². The third-order valence-electron chi connectivity index (χ3n) is 1.96. The molecule has 1 aliphatic heterocycles. The molecule has 64 valence electrons. The zero-order chi connectivity index (χ0) is 8.55. The predicted octanol–water partition coefficient (Wildman–Crippen LogP) is 2.86. The van der Waals surface area contributed by atoms with Crippen molar-refractivity contribution in [1.29, 1.82) is 0 Å². The number of nitrogens with zero attached hydrogens (tertiary/aromatic N) is 1. The molecule has 0 atom stereocenters. The normalized spacial score (nSPS) is 15.2. The lowest BCUT2D eigenvalue weighted by molar-refractivity contribution is 0.817. The lowest BCUT2D eigenvalue weighted by Gasteiger charge is -2.17. The number of nitrogens with one attached hydrogen (secondary N) is 1. The van der Waals surface area contributed by atoms with E-state index in [2.05, 4.69) is 26.2 Å². The SMILES string of the molecule is Clc1c(Br)cnc2c1CCCN2. The Balaban J connectivity index is 2.54. The van der Waals surface area contributed by atoms with Gasteiger partial charge >= 0.3 is 0 Å². The number of fused-ring (bicyclic) bond motifs is 1. The van der Waals surface area contributed by atoms with Crippen LogP contribution in [0.1, 0.15) is 12.0 Å². The maximum absolute atomic E-state index is 6.08. The van der Waals surface area contributed by atoms with Gasteiger partial charge < -0.3 is 5.32 Å². The average molecular weight is 248 g/mol. The third-order valence-corrected chi connectivity index (χ3v) is 3.22. The fourth-order valence-corrected chi connectivity index (χ4v) is 1.93. The molecule has 2 heterocycles. The van der Waals surface area contributed by atoms with Crippen molar-refractivity contribution in [2.45, 2.75) is 12.8 Å². The second kappa shape index (κ2) is 3.23. The van der Waals surface area contributed by atoms with Gasteiger partial charge in [-0.15, -0.1) is 0 Å². The largest absolute Gasteiger partial charge is 0.370 e. The molecule has 1 aromatic rings. The van der Waals surface area contributed by atoms with Crippen LogP contribution in [0.4, 0.5) is 5.82 Å². The van der Waals surface area contributed by atoms with Crippen LogP contribution in [-0.2, 0) is 6.42 Å². The second-order valence-electron chi connectivity index (χ2n) is 2.78. The van der Waals surface area contributed by atoms with Gasteiger partial charge in [0.25, 0.3) is 0 Å². The summed E-state index contributed by atoms with van der Waals surface area (Å²) in [5, 5.41) is 4.01. The van der Waals surface area contributed by atoms with E-state index >= 15 is 0 Å². The number of pyridine rings is 1. The Labute approximate surface area is 84.5 Å². The van der Waals surface area contributed by atoms with Crippen LogP contribution >= 0.6 is 27.5 Å². The van der Waals surface area contributed by atoms with Gasteiger partial charge in [-0.1, -0.05) is 11.6 Å². The zero-order valence-electron chi connectivity index (χ0n) is 6.40. The Morgan fingerprint density at radius 3 is 3.25 bits per heavy atom. The highest BCUT2D eigenvalue weighted by Crippen LogP contribution is 2.32. The summed E-state index contributed by atoms with van der Waals surface area (Å²) in [7, 11) is 0. The lowest BCUT2D eigenvalue weighted by atomic mass is 10.1. The van der Waals surface area contributed by atoms with Crippen LogP contribution in [0, 0.1) is 0 Å². The molecule has 4 heteroatoms. The summed E-state index contributed by atoms with van der Waals surface area (Å²) in [6.07, 6.45) is 3.89. The van der Waals surface area contributed by atoms with Crippen molar-refractivity contribution in [3.63, 3.8) is 0 Å². The van der Waals surface area contributed by atoms with Gasteiger partial charge in [-0.25, -0.2) is 4.98 Å². The fraction of sp³-hybridized carbons (Fsp3) is 0.375. The summed E-state index contributed by atoms with van der Waals surface area (Å²) >= 11 is 9.44. The molecule has 1 aliphatic rings. The van der Waals surface area contributed by atoms with Crippen LogP contribution in [0.2, 0.25) is 5.02 Å². The van der Waals surface area contributed by atoms with Crippen LogP contribution < -0.4 is 5.32 Å². The van der Waals surface area contributed by atoms with Crippen molar-refractivity contribution in [1.82, 2.24) is 4.98 Å². The van der Waals surface area contributed by atoms with Crippen LogP contribution in [0.25, 0.3) is 0 Å². The first kappa shape index (κ1) is 8.32. The third kappa shape index (κ3) is 1.31. The molecule has 0 radical (unpaired) electrons. The summed E-state index contributed by atoms with van der Waals surface area (Å²) in [6.45, 7) is 0.998. The van der Waals surface area contributed by atoms with Crippen molar-refractivity contribution in [3.05, 3.63) is 21.3 Å². The molecule has 0 spiro atoms. The standard InChI is InChI=1S/C8H8BrClN2/c9-6-4-12-8-5(7(6)10)2-1-3-11-8/h4H,1-3H2,(H,11,12). The van der Waals surface area contributed by atoms with E-state index in [1.165, 1.54) is 0 Å². The monoisotopic (exact) mass is 246 g/mol. The van der Waals surface area contributed by atoms with E-state index in [1.54, 1.807) is 6.20 Å². The van der Waals surface area contributed by atoms with E-state index in [1.807, 2.05) is 0 Å². The van der Waals surface area contributed by atoms with Crippen molar-refractivity contribution < 1.29 is 0 Å². The highest BCUT2D eigenvalue weighted by molar-refractivity contribution is 9.10. The molecule has 2 nitrogen and oxygen atoms in total. The van der Waals surface area contributed by atoms with Gasteiger partial charge in [0.15, 0.2) is 0 Å². The molecule has 0 amide bonds. The first-order chi connectivity index (χ1) is 5.79. The Bertz CT molecular complexity index is 314. The minimum Gasteiger partial charge on any atom is -0.370 e. The molecule has 0 unspecified atom stereocenters. The molecule has 1 N–H and O–H groups in total. The van der Waals surface area contributed by atoms with Crippen molar-refractivity contribution in [3.8, 4) is 0 Å². The molecule has 12 heavy (non-hydrogen) atoms. The lowest BCUT2D eigenvalue weighted by Crippen LogP contribution is -2.13. The fourth-order valence-electron chi connectivity index (χ4n) is 1.36. The van der Waals surface area contributed by atoms with Crippen LogP contribution in [0.3, 0.4) is 0 Å². The predicted molar refractivity (Wildman–Crippen MR) is 53.8 cm³/mol. The summed E-state index contributed by atoms with van der Waals surface area (Å²) in [5.41, 5.74) is 1.14. The van der Waals surface area contributed by atoms with E-state index < -0.39 is 0 Å². The highest BCUT2D eigenvalue weighted by atomic mass is 79.9. The Kier molecular flexibility index (Phi) is 2.24. The quantitative estimate of drug-likeness (QED) is 0.762. The van der Waals surface area contributed by atoms with Gasteiger partial charge in [0.2, 0.25) is 0 Å². The van der Waals surface area contributed by atoms with Crippen molar-refractivity contribution >= 4 is 33.3 Å². The minimum absolute atomic E-state index is 0.798. The summed E-state index contributed by atoms with van der Waals surface area (Å²) in [6, 6.07) is 0. The second-order valence-corrected chi connectivity index (χ2v) is 4.01. The smallest absolute Gasteiger partial charge is 0.130 e. The average Bonchev–Trinajstić information content (AvgIpc) is 2.12. The van der Waals surface area contributed by atoms with Crippen molar-refractivity contribution in [2.24, 2.45) is 0 Å². The molecule has 0 aromatic carbocycles. The maximum Gasteiger partial charge on any atom is 0.130 e. The molecule has 0 saturated carbocycles. The van der Waals surface area contributed by atoms with Gasteiger partial charge in [0.05, 0.1) is 9.50 Å². The number of anilines is 1. The summed E-state index contributed by atoms with van der Waals surface area (Å²) in [4.78, 5) is 4.24. The van der Waals surface area contributed by atoms with E-state index in [0.29, 0.717) is 0 Å². The van der Waals surface area contributed by atoms with Crippen LogP contribution in [-0.4, -0.2) is 11.5 Å². The zero-order valence-corrected chi connectivity index (χ0v) is 8.74. The van der Waals surface area contributed by atoms with E-state index in [0.717, 1.165) is 40.3 Å². The van der Waals surface area contributed by atoms with Gasteiger partial charge in [0, 0.05) is 18.3 Å². The van der Waals surface area contributed by atoms with Crippen LogP contribution in [0.5, 0.6) is 0 Å². The number of hydrogen-bond acceptors (Lipinski definition) is 2. The van der Waals surface area contributed by atoms with E-state index in [-0.39, 0.29) is 0 Å². The Hall–Kier alpha value is -0.280. The van der Waals surface area contributed by atoms with Gasteiger partial charge in [-0.05, 0) is 28.8 Å². The molecule has 0 fully saturated rings. The number of rotatable bonds is 0. The molecular formula is C8H8BrClN2. The van der Waals surface area contributed by atoms with Gasteiger partial charge in [0.1, 0.15) is 5.82 Å². The first-order valence-corrected chi connectivity index (χ1v) is 5.03. The summed E-state index contributed by atoms with van der Waals surface area (Å²) in [5.74, 6) is 0.939. The first-order valence-electron chi connectivity index (χ1n) is 3.86. The van der Waals surface area contributed by atoms with Crippen molar-refractivity contribution in [2.75, 3.05) is 11.9 Å². The highest BCUT2D eigenvalue weighted by Gasteiger charge is 2.14. The van der Waals surface area contributed by atoms with E-state index in [4.69, 9.17) is 11.6 Å². The molecule has 0 saturated heterocycles. The van der Waals surface area contributed by atoms with E-state index in [9.17, 15) is 0 Å². The molecule has 1 aromatic heterocycles. The number of aromatic nitrogens is 1. The number of halogens is 2. The Morgan fingerprint density at radius 2 is 2.42 bits per heavy atom. The maximum atomic E-state index is 6.08. The minimum atomic E-state index is 0.798. The Morgan fingerprint density at radius 1 is 1.58 bits per heavy atom. The van der Waals surface area contributed by atoms with Crippen LogP contribution in [0.15, 0.2) is 10.7 Å². The molecule has 2 rings (SSSR count). The topological polar surface area (TPSA) is 24.9 Å². The molecule has 0 bridgehead atoms. The molecular weight excluding hydrogens is 239 g/mol.